The van der Waals surface area contributed by atoms with E-state index in [4.69, 9.17) is 0 Å². The molecule has 0 spiro atoms. The molecule has 0 saturated carbocycles. The molecule has 0 aliphatic carbocycles. The minimum absolute atomic E-state index is 0.112. The molecular formula is C14H18NO5P. The van der Waals surface area contributed by atoms with Gasteiger partial charge in [0.05, 0.1) is 6.16 Å². The van der Waals surface area contributed by atoms with Crippen molar-refractivity contribution < 1.29 is 23.8 Å². The molecule has 1 aromatic carbocycles. The fraction of sp³-hybridized carbons (Fsp3) is 0.429. The van der Waals surface area contributed by atoms with Crippen LogP contribution in [0, 0.1) is 0 Å². The molecule has 0 bridgehead atoms. The number of hydrogen-bond acceptors (Lipinski definition) is 5. The summed E-state index contributed by atoms with van der Waals surface area (Å²) in [5.41, 5.74) is 0.667. The Kier molecular flexibility index (Phi) is 5.28. The third-order valence-corrected chi connectivity index (χ3v) is 4.82. The van der Waals surface area contributed by atoms with Gasteiger partial charge >= 0.3 is 11.9 Å². The van der Waals surface area contributed by atoms with Crippen molar-refractivity contribution in [2.24, 2.45) is 0 Å². The van der Waals surface area contributed by atoms with Crippen LogP contribution in [0.15, 0.2) is 30.3 Å². The van der Waals surface area contributed by atoms with Gasteiger partial charge in [-0.05, 0) is 24.9 Å². The fourth-order valence-electron chi connectivity index (χ4n) is 2.23. The average molecular weight is 311 g/mol. The topological polar surface area (TPSA) is 92.7 Å². The van der Waals surface area contributed by atoms with Gasteiger partial charge in [-0.3, -0.25) is 9.36 Å². The van der Waals surface area contributed by atoms with Crippen molar-refractivity contribution >= 4 is 19.3 Å². The summed E-state index contributed by atoms with van der Waals surface area (Å²) in [5, 5.41) is 2.91. The van der Waals surface area contributed by atoms with Gasteiger partial charge in [-0.15, -0.1) is 0 Å². The molecule has 1 saturated heterocycles. The minimum Gasteiger partial charge on any atom is -0.392 e. The van der Waals surface area contributed by atoms with Gasteiger partial charge in [0.15, 0.2) is 0 Å². The summed E-state index contributed by atoms with van der Waals surface area (Å²) in [4.78, 5) is 33.1. The number of esters is 2. The summed E-state index contributed by atoms with van der Waals surface area (Å²) in [6.07, 6.45) is 0.701. The second kappa shape index (κ2) is 6.98. The van der Waals surface area contributed by atoms with Gasteiger partial charge in [0.1, 0.15) is 12.2 Å². The SMILES string of the molecule is O=C(CP(=O)(O)Cc1ccccc1)OC(=O)[C@@H]1CCCN1. The van der Waals surface area contributed by atoms with Gasteiger partial charge in [0.2, 0.25) is 7.37 Å². The van der Waals surface area contributed by atoms with Crippen molar-refractivity contribution in [3.63, 3.8) is 0 Å². The summed E-state index contributed by atoms with van der Waals surface area (Å²) in [6.45, 7) is 0.709. The monoisotopic (exact) mass is 311 g/mol. The van der Waals surface area contributed by atoms with Crippen LogP contribution in [0.1, 0.15) is 18.4 Å². The summed E-state index contributed by atoms with van der Waals surface area (Å²) in [6, 6.07) is 8.24. The lowest BCUT2D eigenvalue weighted by Crippen LogP contribution is -2.34. The number of rotatable bonds is 5. The van der Waals surface area contributed by atoms with Crippen LogP contribution in [0.4, 0.5) is 0 Å². The standard InChI is InChI=1S/C14H18NO5P/c16-13(20-14(17)12-7-4-8-15-12)10-21(18,19)9-11-5-2-1-3-6-11/h1-3,5-6,12,15H,4,7-10H2,(H,18,19)/t12-/m0/s1. The molecule has 2 N–H and O–H groups in total. The largest absolute Gasteiger partial charge is 0.392 e. The van der Waals surface area contributed by atoms with Gasteiger partial charge in [-0.1, -0.05) is 30.3 Å². The van der Waals surface area contributed by atoms with Crippen molar-refractivity contribution in [2.75, 3.05) is 12.7 Å². The molecule has 1 fully saturated rings. The predicted octanol–water partition coefficient (Wildman–Crippen LogP) is 1.28. The van der Waals surface area contributed by atoms with Crippen molar-refractivity contribution in [1.82, 2.24) is 5.32 Å². The number of carbonyl (C=O) groups is 2. The van der Waals surface area contributed by atoms with Crippen molar-refractivity contribution in [3.8, 4) is 0 Å². The molecular weight excluding hydrogens is 293 g/mol. The van der Waals surface area contributed by atoms with Crippen LogP contribution in [-0.4, -0.2) is 35.6 Å². The van der Waals surface area contributed by atoms with E-state index in [9.17, 15) is 19.0 Å². The van der Waals surface area contributed by atoms with Crippen LogP contribution in [0.5, 0.6) is 0 Å². The Balaban J connectivity index is 1.86. The molecule has 6 nitrogen and oxygen atoms in total. The highest BCUT2D eigenvalue weighted by Gasteiger charge is 2.29. The first-order valence-electron chi connectivity index (χ1n) is 6.79. The first-order chi connectivity index (χ1) is 9.96. The van der Waals surface area contributed by atoms with Gasteiger partial charge in [-0.25, -0.2) is 4.79 Å². The predicted molar refractivity (Wildman–Crippen MR) is 77.0 cm³/mol. The van der Waals surface area contributed by atoms with Crippen LogP contribution in [0.3, 0.4) is 0 Å². The number of ether oxygens (including phenoxy) is 1. The Bertz CT molecular complexity index is 554. The molecule has 114 valence electrons. The molecule has 0 amide bonds. The molecule has 2 rings (SSSR count). The quantitative estimate of drug-likeness (QED) is 0.483. The Hall–Kier alpha value is -1.49. The second-order valence-electron chi connectivity index (χ2n) is 5.09. The maximum atomic E-state index is 12.0. The molecule has 2 atom stereocenters. The van der Waals surface area contributed by atoms with E-state index >= 15 is 0 Å². The molecule has 1 aliphatic rings. The molecule has 1 heterocycles. The van der Waals surface area contributed by atoms with E-state index in [-0.39, 0.29) is 6.16 Å². The summed E-state index contributed by atoms with van der Waals surface area (Å²) in [7, 11) is -3.71. The molecule has 0 aromatic heterocycles. The van der Waals surface area contributed by atoms with Crippen LogP contribution >= 0.6 is 7.37 Å². The average Bonchev–Trinajstić information content (AvgIpc) is 2.92. The fourth-order valence-corrected chi connectivity index (χ4v) is 3.59. The molecule has 1 aromatic rings. The van der Waals surface area contributed by atoms with Crippen molar-refractivity contribution in [3.05, 3.63) is 35.9 Å². The van der Waals surface area contributed by atoms with E-state index in [0.717, 1.165) is 6.42 Å². The zero-order valence-corrected chi connectivity index (χ0v) is 12.4. The van der Waals surface area contributed by atoms with Crippen LogP contribution in [0.25, 0.3) is 0 Å². The van der Waals surface area contributed by atoms with Gasteiger partial charge < -0.3 is 14.9 Å². The molecule has 21 heavy (non-hydrogen) atoms. The van der Waals surface area contributed by atoms with E-state index in [1.165, 1.54) is 0 Å². The number of carbonyl (C=O) groups excluding carboxylic acids is 2. The summed E-state index contributed by atoms with van der Waals surface area (Å²) in [5.74, 6) is -1.62. The van der Waals surface area contributed by atoms with E-state index in [1.807, 2.05) is 0 Å². The third kappa shape index (κ3) is 5.08. The maximum absolute atomic E-state index is 12.0. The molecule has 0 radical (unpaired) electrons. The Morgan fingerprint density at radius 1 is 1.33 bits per heavy atom. The zero-order valence-electron chi connectivity index (χ0n) is 11.5. The lowest BCUT2D eigenvalue weighted by atomic mass is 10.2. The normalized spacial score (nSPS) is 20.7. The molecule has 7 heteroatoms. The lowest BCUT2D eigenvalue weighted by Gasteiger charge is -2.12. The molecule has 1 unspecified atom stereocenters. The minimum atomic E-state index is -3.71. The number of benzene rings is 1. The lowest BCUT2D eigenvalue weighted by molar-refractivity contribution is -0.159. The van der Waals surface area contributed by atoms with Crippen LogP contribution < -0.4 is 5.32 Å². The van der Waals surface area contributed by atoms with Crippen LogP contribution in [-0.2, 0) is 25.1 Å². The zero-order chi connectivity index (χ0) is 15.3. The van der Waals surface area contributed by atoms with Crippen molar-refractivity contribution in [2.45, 2.75) is 25.0 Å². The van der Waals surface area contributed by atoms with Crippen LogP contribution in [0.2, 0.25) is 0 Å². The first-order valence-corrected chi connectivity index (χ1v) is 8.82. The Labute approximate surface area is 123 Å². The third-order valence-electron chi connectivity index (χ3n) is 3.21. The van der Waals surface area contributed by atoms with E-state index in [1.54, 1.807) is 30.3 Å². The number of hydrogen-bond donors (Lipinski definition) is 2. The second-order valence-corrected chi connectivity index (χ2v) is 7.42. The van der Waals surface area contributed by atoms with Gasteiger partial charge in [0, 0.05) is 0 Å². The maximum Gasteiger partial charge on any atom is 0.330 e. The van der Waals surface area contributed by atoms with E-state index < -0.39 is 31.5 Å². The Morgan fingerprint density at radius 3 is 2.67 bits per heavy atom. The highest BCUT2D eigenvalue weighted by atomic mass is 31.2. The highest BCUT2D eigenvalue weighted by Crippen LogP contribution is 2.44. The van der Waals surface area contributed by atoms with E-state index in [2.05, 4.69) is 10.1 Å². The molecule has 1 aliphatic heterocycles. The van der Waals surface area contributed by atoms with E-state index in [0.29, 0.717) is 18.5 Å². The van der Waals surface area contributed by atoms with Crippen molar-refractivity contribution in [1.29, 1.82) is 0 Å². The van der Waals surface area contributed by atoms with Gasteiger partial charge in [-0.2, -0.15) is 0 Å². The summed E-state index contributed by atoms with van der Waals surface area (Å²) >= 11 is 0. The number of nitrogens with one attached hydrogen (secondary N) is 1. The first kappa shape index (κ1) is 15.9. The highest BCUT2D eigenvalue weighted by molar-refractivity contribution is 7.58. The van der Waals surface area contributed by atoms with Gasteiger partial charge in [0.25, 0.3) is 0 Å². The Morgan fingerprint density at radius 2 is 2.05 bits per heavy atom. The smallest absolute Gasteiger partial charge is 0.330 e. The summed E-state index contributed by atoms with van der Waals surface area (Å²) < 4.78 is 16.7.